The second kappa shape index (κ2) is 5.51. The summed E-state index contributed by atoms with van der Waals surface area (Å²) in [7, 11) is 2.97. The van der Waals surface area contributed by atoms with Crippen LogP contribution in [0.2, 0.25) is 0 Å². The Labute approximate surface area is 113 Å². The Morgan fingerprint density at radius 3 is 2.40 bits per heavy atom. The zero-order chi connectivity index (χ0) is 14.9. The van der Waals surface area contributed by atoms with Gasteiger partial charge in [-0.3, -0.25) is 10.5 Å². The monoisotopic (exact) mass is 286 g/mol. The number of ether oxygens (including phenoxy) is 1. The lowest BCUT2D eigenvalue weighted by Crippen LogP contribution is -2.32. The Bertz CT molecular complexity index is 606. The molecule has 0 bridgehead atoms. The number of aromatic nitrogens is 2. The first-order chi connectivity index (χ1) is 9.49. The number of nitrogens with zero attached hydrogens (tertiary/aromatic N) is 2. The van der Waals surface area contributed by atoms with Crippen molar-refractivity contribution in [3.63, 3.8) is 0 Å². The maximum atomic E-state index is 13.9. The van der Waals surface area contributed by atoms with E-state index in [1.807, 2.05) is 0 Å². The van der Waals surface area contributed by atoms with Crippen LogP contribution in [0.3, 0.4) is 0 Å². The number of aryl methyl sites for hydroxylation is 1. The Morgan fingerprint density at radius 1 is 1.30 bits per heavy atom. The first kappa shape index (κ1) is 14.4. The molecule has 0 aliphatic rings. The molecule has 0 spiro atoms. The first-order valence-corrected chi connectivity index (χ1v) is 5.66. The number of hydrazine groups is 1. The normalized spacial score (nSPS) is 12.5. The van der Waals surface area contributed by atoms with Crippen LogP contribution in [0.15, 0.2) is 18.3 Å². The number of rotatable bonds is 4. The molecule has 0 aliphatic heterocycles. The summed E-state index contributed by atoms with van der Waals surface area (Å²) in [6.07, 6.45) is 1.39. The molecule has 0 aliphatic carbocycles. The third-order valence-corrected chi connectivity index (χ3v) is 2.94. The van der Waals surface area contributed by atoms with E-state index in [2.05, 4.69) is 10.5 Å². The zero-order valence-corrected chi connectivity index (χ0v) is 10.8. The number of methoxy groups -OCH3 is 1. The molecule has 1 heterocycles. The quantitative estimate of drug-likeness (QED) is 0.658. The highest BCUT2D eigenvalue weighted by molar-refractivity contribution is 5.37. The van der Waals surface area contributed by atoms with Crippen LogP contribution in [0, 0.1) is 17.5 Å². The molecule has 1 atom stereocenters. The summed E-state index contributed by atoms with van der Waals surface area (Å²) in [5, 5.41) is 3.94. The highest BCUT2D eigenvalue weighted by atomic mass is 19.1. The first-order valence-electron chi connectivity index (χ1n) is 5.66. The standard InChI is InChI=1S/C12H13F3N4O/c1-19-12(9(20-2)5-17-19)11(18-16)10-7(14)3-6(13)4-8(10)15/h3-5,11,18H,16H2,1-2H3. The molecule has 2 rings (SSSR count). The smallest absolute Gasteiger partial charge is 0.161 e. The number of halogens is 3. The van der Waals surface area contributed by atoms with Crippen molar-refractivity contribution in [3.8, 4) is 5.75 Å². The van der Waals surface area contributed by atoms with Crippen LogP contribution in [-0.2, 0) is 7.05 Å². The van der Waals surface area contributed by atoms with Crippen LogP contribution in [-0.4, -0.2) is 16.9 Å². The van der Waals surface area contributed by atoms with Crippen LogP contribution >= 0.6 is 0 Å². The average Bonchev–Trinajstić information content (AvgIpc) is 2.74. The van der Waals surface area contributed by atoms with E-state index in [0.717, 1.165) is 0 Å². The minimum absolute atomic E-state index is 0.304. The Kier molecular flexibility index (Phi) is 3.96. The summed E-state index contributed by atoms with van der Waals surface area (Å²) in [6.45, 7) is 0. The predicted octanol–water partition coefficient (Wildman–Crippen LogP) is 1.40. The minimum Gasteiger partial charge on any atom is -0.493 e. The lowest BCUT2D eigenvalue weighted by Gasteiger charge is -2.19. The van der Waals surface area contributed by atoms with Crippen molar-refractivity contribution in [2.24, 2.45) is 12.9 Å². The zero-order valence-electron chi connectivity index (χ0n) is 10.8. The van der Waals surface area contributed by atoms with Crippen molar-refractivity contribution >= 4 is 0 Å². The van der Waals surface area contributed by atoms with Crippen LogP contribution in [0.25, 0.3) is 0 Å². The van der Waals surface area contributed by atoms with Gasteiger partial charge in [-0.05, 0) is 0 Å². The van der Waals surface area contributed by atoms with Gasteiger partial charge in [0, 0.05) is 24.7 Å². The summed E-state index contributed by atoms with van der Waals surface area (Å²) in [5.74, 6) is 2.60. The largest absolute Gasteiger partial charge is 0.493 e. The molecule has 8 heteroatoms. The van der Waals surface area contributed by atoms with Crippen molar-refractivity contribution in [2.45, 2.75) is 6.04 Å². The molecule has 20 heavy (non-hydrogen) atoms. The minimum atomic E-state index is -1.07. The number of benzene rings is 1. The van der Waals surface area contributed by atoms with Crippen LogP contribution < -0.4 is 16.0 Å². The van der Waals surface area contributed by atoms with Gasteiger partial charge in [-0.1, -0.05) is 0 Å². The van der Waals surface area contributed by atoms with E-state index in [-0.39, 0.29) is 0 Å². The van der Waals surface area contributed by atoms with Gasteiger partial charge in [0.15, 0.2) is 5.75 Å². The summed E-state index contributed by atoms with van der Waals surface area (Å²) < 4.78 is 47.1. The summed E-state index contributed by atoms with van der Waals surface area (Å²) in [4.78, 5) is 0. The number of nitrogens with one attached hydrogen (secondary N) is 1. The van der Waals surface area contributed by atoms with Gasteiger partial charge in [0.05, 0.1) is 19.3 Å². The lowest BCUT2D eigenvalue weighted by atomic mass is 10.0. The van der Waals surface area contributed by atoms with Gasteiger partial charge in [-0.2, -0.15) is 5.10 Å². The molecule has 0 fully saturated rings. The van der Waals surface area contributed by atoms with E-state index in [1.54, 1.807) is 7.05 Å². The van der Waals surface area contributed by atoms with Crippen molar-refractivity contribution in [1.29, 1.82) is 0 Å². The molecule has 3 N–H and O–H groups in total. The second-order valence-corrected chi connectivity index (χ2v) is 4.10. The highest BCUT2D eigenvalue weighted by Gasteiger charge is 2.27. The molecule has 0 saturated heterocycles. The van der Waals surface area contributed by atoms with Gasteiger partial charge in [-0.15, -0.1) is 0 Å². The molecule has 0 radical (unpaired) electrons. The lowest BCUT2D eigenvalue weighted by molar-refractivity contribution is 0.397. The summed E-state index contributed by atoms with van der Waals surface area (Å²) in [5.41, 5.74) is 2.21. The van der Waals surface area contributed by atoms with Crippen molar-refractivity contribution in [3.05, 3.63) is 47.0 Å². The fourth-order valence-corrected chi connectivity index (χ4v) is 2.04. The highest BCUT2D eigenvalue weighted by Crippen LogP contribution is 2.32. The molecule has 1 unspecified atom stereocenters. The van der Waals surface area contributed by atoms with E-state index in [4.69, 9.17) is 10.6 Å². The maximum absolute atomic E-state index is 13.9. The van der Waals surface area contributed by atoms with E-state index in [0.29, 0.717) is 23.6 Å². The molecule has 1 aromatic heterocycles. The average molecular weight is 286 g/mol. The van der Waals surface area contributed by atoms with Gasteiger partial charge < -0.3 is 4.74 Å². The fraction of sp³-hybridized carbons (Fsp3) is 0.250. The molecular weight excluding hydrogens is 273 g/mol. The predicted molar refractivity (Wildman–Crippen MR) is 65.2 cm³/mol. The van der Waals surface area contributed by atoms with Crippen LogP contribution in [0.5, 0.6) is 5.75 Å². The van der Waals surface area contributed by atoms with Gasteiger partial charge in [0.2, 0.25) is 0 Å². The van der Waals surface area contributed by atoms with Gasteiger partial charge in [-0.25, -0.2) is 18.6 Å². The Morgan fingerprint density at radius 2 is 1.90 bits per heavy atom. The maximum Gasteiger partial charge on any atom is 0.161 e. The Balaban J connectivity index is 2.61. The third kappa shape index (κ3) is 2.35. The second-order valence-electron chi connectivity index (χ2n) is 4.10. The van der Waals surface area contributed by atoms with Crippen molar-refractivity contribution in [2.75, 3.05) is 7.11 Å². The summed E-state index contributed by atoms with van der Waals surface area (Å²) >= 11 is 0. The third-order valence-electron chi connectivity index (χ3n) is 2.94. The molecule has 5 nitrogen and oxygen atoms in total. The molecular formula is C12H13F3N4O. The topological polar surface area (TPSA) is 65.1 Å². The van der Waals surface area contributed by atoms with Crippen molar-refractivity contribution in [1.82, 2.24) is 15.2 Å². The van der Waals surface area contributed by atoms with E-state index >= 15 is 0 Å². The van der Waals surface area contributed by atoms with E-state index in [1.165, 1.54) is 18.0 Å². The SMILES string of the molecule is COc1cnn(C)c1C(NN)c1c(F)cc(F)cc1F. The molecule has 1 aromatic carbocycles. The van der Waals surface area contributed by atoms with Crippen LogP contribution in [0.1, 0.15) is 17.3 Å². The fourth-order valence-electron chi connectivity index (χ4n) is 2.04. The van der Waals surface area contributed by atoms with Gasteiger partial charge in [0.1, 0.15) is 23.1 Å². The number of hydrogen-bond acceptors (Lipinski definition) is 4. The van der Waals surface area contributed by atoms with E-state index in [9.17, 15) is 13.2 Å². The number of hydrogen-bond donors (Lipinski definition) is 2. The molecule has 0 amide bonds. The number of nitrogens with two attached hydrogens (primary N) is 1. The Hall–Kier alpha value is -2.06. The molecule has 0 saturated carbocycles. The van der Waals surface area contributed by atoms with Crippen molar-refractivity contribution < 1.29 is 17.9 Å². The molecule has 2 aromatic rings. The van der Waals surface area contributed by atoms with Crippen LogP contribution in [0.4, 0.5) is 13.2 Å². The van der Waals surface area contributed by atoms with E-state index < -0.39 is 29.1 Å². The summed E-state index contributed by atoms with van der Waals surface area (Å²) in [6, 6.07) is 0.107. The van der Waals surface area contributed by atoms with Gasteiger partial charge in [0.25, 0.3) is 0 Å². The molecule has 108 valence electrons. The van der Waals surface area contributed by atoms with Gasteiger partial charge >= 0.3 is 0 Å².